The Morgan fingerprint density at radius 3 is 2.77 bits per heavy atom. The van der Waals surface area contributed by atoms with Crippen LogP contribution in [0.1, 0.15) is 5.56 Å². The number of hydrogen-bond donors (Lipinski definition) is 0. The molecule has 0 aliphatic carbocycles. The number of aryl methyl sites for hydroxylation is 1. The Morgan fingerprint density at radius 2 is 2.23 bits per heavy atom. The van der Waals surface area contributed by atoms with Crippen LogP contribution in [0.5, 0.6) is 0 Å². The second kappa shape index (κ2) is 4.28. The van der Waals surface area contributed by atoms with Gasteiger partial charge in [0.25, 0.3) is 5.24 Å². The predicted octanol–water partition coefficient (Wildman–Crippen LogP) is 2.16. The highest BCUT2D eigenvalue weighted by Crippen LogP contribution is 2.18. The summed E-state index contributed by atoms with van der Waals surface area (Å²) in [6, 6.07) is 3.80. The van der Waals surface area contributed by atoms with E-state index in [9.17, 15) is 4.79 Å². The fourth-order valence-electron chi connectivity index (χ4n) is 0.745. The van der Waals surface area contributed by atoms with Crippen LogP contribution in [0.15, 0.2) is 23.4 Å². The Labute approximate surface area is 82.2 Å². The van der Waals surface area contributed by atoms with Gasteiger partial charge in [0, 0.05) is 20.3 Å². The third-order valence-corrected chi connectivity index (χ3v) is 2.42. The molecular weight excluding hydrogens is 184 g/mol. The van der Waals surface area contributed by atoms with Crippen molar-refractivity contribution in [2.45, 2.75) is 11.9 Å². The summed E-state index contributed by atoms with van der Waals surface area (Å²) in [6.07, 6.45) is 1.71. The minimum atomic E-state index is -0.00176. The molecule has 0 N–H and O–H groups in total. The standard InChI is InChI=1S/C9H12N2OS/c1-7-4-5-10-8(6-7)13-9(12)11(2)3/h4-6H,1-3H3. The predicted molar refractivity (Wildman–Crippen MR) is 53.9 cm³/mol. The van der Waals surface area contributed by atoms with Crippen LogP contribution in [0.4, 0.5) is 4.79 Å². The first-order chi connectivity index (χ1) is 6.09. The Hall–Kier alpha value is -1.03. The summed E-state index contributed by atoms with van der Waals surface area (Å²) in [5, 5.41) is 0.747. The molecule has 0 spiro atoms. The Bertz CT molecular complexity index is 312. The topological polar surface area (TPSA) is 33.2 Å². The van der Waals surface area contributed by atoms with Crippen molar-refractivity contribution in [2.24, 2.45) is 0 Å². The first kappa shape index (κ1) is 10.1. The molecule has 0 saturated heterocycles. The number of thioether (sulfide) groups is 1. The first-order valence-electron chi connectivity index (χ1n) is 3.91. The van der Waals surface area contributed by atoms with Gasteiger partial charge in [0.15, 0.2) is 0 Å². The van der Waals surface area contributed by atoms with Crippen LogP contribution in [-0.4, -0.2) is 29.2 Å². The second-order valence-electron chi connectivity index (χ2n) is 2.93. The van der Waals surface area contributed by atoms with Crippen molar-refractivity contribution in [3.63, 3.8) is 0 Å². The molecule has 1 aromatic rings. The fourth-order valence-corrected chi connectivity index (χ4v) is 1.46. The lowest BCUT2D eigenvalue weighted by atomic mass is 10.3. The number of pyridine rings is 1. The molecule has 0 unspecified atom stereocenters. The van der Waals surface area contributed by atoms with Crippen LogP contribution >= 0.6 is 11.8 Å². The van der Waals surface area contributed by atoms with E-state index in [0.29, 0.717) is 0 Å². The number of carbonyl (C=O) groups is 1. The van der Waals surface area contributed by atoms with Crippen molar-refractivity contribution in [2.75, 3.05) is 14.1 Å². The maximum absolute atomic E-state index is 11.3. The van der Waals surface area contributed by atoms with Gasteiger partial charge in [0.1, 0.15) is 5.03 Å². The lowest BCUT2D eigenvalue weighted by molar-refractivity contribution is 0.241. The van der Waals surface area contributed by atoms with E-state index in [2.05, 4.69) is 4.98 Å². The summed E-state index contributed by atoms with van der Waals surface area (Å²) in [4.78, 5) is 16.9. The van der Waals surface area contributed by atoms with Crippen LogP contribution in [0.2, 0.25) is 0 Å². The first-order valence-corrected chi connectivity index (χ1v) is 4.73. The summed E-state index contributed by atoms with van der Waals surface area (Å²) >= 11 is 1.14. The van der Waals surface area contributed by atoms with Crippen LogP contribution in [0, 0.1) is 6.92 Å². The summed E-state index contributed by atoms with van der Waals surface area (Å²) in [5.41, 5.74) is 1.11. The van der Waals surface area contributed by atoms with Gasteiger partial charge in [-0.15, -0.1) is 0 Å². The molecule has 13 heavy (non-hydrogen) atoms. The number of amides is 1. The monoisotopic (exact) mass is 196 g/mol. The van der Waals surface area contributed by atoms with E-state index in [0.717, 1.165) is 22.4 Å². The van der Waals surface area contributed by atoms with Gasteiger partial charge < -0.3 is 4.90 Å². The lowest BCUT2D eigenvalue weighted by Gasteiger charge is -2.08. The molecule has 0 radical (unpaired) electrons. The molecule has 3 nitrogen and oxygen atoms in total. The van der Waals surface area contributed by atoms with Crippen molar-refractivity contribution in [3.8, 4) is 0 Å². The van der Waals surface area contributed by atoms with Gasteiger partial charge in [-0.2, -0.15) is 0 Å². The van der Waals surface area contributed by atoms with Gasteiger partial charge in [0.2, 0.25) is 0 Å². The molecule has 0 aliphatic rings. The van der Waals surface area contributed by atoms with Crippen molar-refractivity contribution < 1.29 is 4.79 Å². The smallest absolute Gasteiger partial charge is 0.287 e. The maximum Gasteiger partial charge on any atom is 0.287 e. The molecule has 0 saturated carbocycles. The quantitative estimate of drug-likeness (QED) is 0.645. The van der Waals surface area contributed by atoms with Crippen molar-refractivity contribution in [1.29, 1.82) is 0 Å². The molecule has 1 aromatic heterocycles. The Kier molecular flexibility index (Phi) is 3.31. The van der Waals surface area contributed by atoms with Crippen LogP contribution in [-0.2, 0) is 0 Å². The third-order valence-electron chi connectivity index (χ3n) is 1.45. The van der Waals surface area contributed by atoms with Crippen LogP contribution in [0.25, 0.3) is 0 Å². The summed E-state index contributed by atoms with van der Waals surface area (Å²) in [6.45, 7) is 1.98. The molecule has 4 heteroatoms. The Balaban J connectivity index is 2.69. The zero-order valence-electron chi connectivity index (χ0n) is 7.94. The highest BCUT2D eigenvalue weighted by atomic mass is 32.2. The van der Waals surface area contributed by atoms with E-state index in [1.165, 1.54) is 4.90 Å². The fraction of sp³-hybridized carbons (Fsp3) is 0.333. The molecule has 1 rings (SSSR count). The van der Waals surface area contributed by atoms with E-state index in [4.69, 9.17) is 0 Å². The van der Waals surface area contributed by atoms with Crippen molar-refractivity contribution in [1.82, 2.24) is 9.88 Å². The van der Waals surface area contributed by atoms with E-state index >= 15 is 0 Å². The number of hydrogen-bond acceptors (Lipinski definition) is 3. The second-order valence-corrected chi connectivity index (χ2v) is 3.91. The van der Waals surface area contributed by atoms with Crippen molar-refractivity contribution >= 4 is 17.0 Å². The van der Waals surface area contributed by atoms with Crippen LogP contribution in [0.3, 0.4) is 0 Å². The normalized spacial score (nSPS) is 9.77. The minimum Gasteiger partial charge on any atom is -0.339 e. The highest BCUT2D eigenvalue weighted by Gasteiger charge is 2.06. The SMILES string of the molecule is Cc1ccnc(SC(=O)N(C)C)c1. The van der Waals surface area contributed by atoms with Crippen molar-refractivity contribution in [3.05, 3.63) is 23.9 Å². The summed E-state index contributed by atoms with van der Waals surface area (Å²) < 4.78 is 0. The average Bonchev–Trinajstić information content (AvgIpc) is 2.04. The average molecular weight is 196 g/mol. The van der Waals surface area contributed by atoms with E-state index < -0.39 is 0 Å². The molecule has 0 bridgehead atoms. The van der Waals surface area contributed by atoms with Crippen LogP contribution < -0.4 is 0 Å². The maximum atomic E-state index is 11.3. The molecule has 0 aliphatic heterocycles. The lowest BCUT2D eigenvalue weighted by Crippen LogP contribution is -2.16. The zero-order valence-corrected chi connectivity index (χ0v) is 8.76. The molecular formula is C9H12N2OS. The van der Waals surface area contributed by atoms with Gasteiger partial charge in [-0.25, -0.2) is 4.98 Å². The number of carbonyl (C=O) groups excluding carboxylic acids is 1. The minimum absolute atomic E-state index is 0.00176. The number of nitrogens with zero attached hydrogens (tertiary/aromatic N) is 2. The molecule has 70 valence electrons. The summed E-state index contributed by atoms with van der Waals surface area (Å²) in [5.74, 6) is 0. The van der Waals surface area contributed by atoms with Gasteiger partial charge in [-0.3, -0.25) is 4.79 Å². The van der Waals surface area contributed by atoms with Gasteiger partial charge in [0.05, 0.1) is 0 Å². The van der Waals surface area contributed by atoms with E-state index in [1.54, 1.807) is 20.3 Å². The number of aromatic nitrogens is 1. The third kappa shape index (κ3) is 3.06. The highest BCUT2D eigenvalue weighted by molar-refractivity contribution is 8.13. The van der Waals surface area contributed by atoms with Gasteiger partial charge >= 0.3 is 0 Å². The van der Waals surface area contributed by atoms with E-state index in [-0.39, 0.29) is 5.24 Å². The molecule has 0 atom stereocenters. The molecule has 1 heterocycles. The molecule has 1 amide bonds. The molecule has 0 aromatic carbocycles. The summed E-state index contributed by atoms with van der Waals surface area (Å²) in [7, 11) is 3.45. The largest absolute Gasteiger partial charge is 0.339 e. The number of rotatable bonds is 1. The van der Waals surface area contributed by atoms with E-state index in [1.807, 2.05) is 19.1 Å². The molecule has 0 fully saturated rings. The Morgan fingerprint density at radius 1 is 1.54 bits per heavy atom. The van der Waals surface area contributed by atoms with Gasteiger partial charge in [-0.1, -0.05) is 0 Å². The zero-order chi connectivity index (χ0) is 9.84. The van der Waals surface area contributed by atoms with Gasteiger partial charge in [-0.05, 0) is 36.4 Å².